The van der Waals surface area contributed by atoms with E-state index in [0.29, 0.717) is 19.1 Å². The zero-order valence-corrected chi connectivity index (χ0v) is 11.4. The van der Waals surface area contributed by atoms with E-state index in [2.05, 4.69) is 20.2 Å². The lowest BCUT2D eigenvalue weighted by Crippen LogP contribution is -2.41. The molecule has 0 radical (unpaired) electrons. The third-order valence-corrected chi connectivity index (χ3v) is 3.16. The maximum Gasteiger partial charge on any atom is 0.240 e. The SMILES string of the molecule is O=C(CN1CCC(OCCO)CC1)Nc1ncccn1. The summed E-state index contributed by atoms with van der Waals surface area (Å²) in [6.45, 7) is 2.42. The lowest BCUT2D eigenvalue weighted by atomic mass is 10.1. The third-order valence-electron chi connectivity index (χ3n) is 3.16. The molecule has 0 unspecified atom stereocenters. The highest BCUT2D eigenvalue weighted by molar-refractivity contribution is 5.90. The van der Waals surface area contributed by atoms with Gasteiger partial charge in [-0.05, 0) is 18.9 Å². The van der Waals surface area contributed by atoms with Crippen molar-refractivity contribution in [1.29, 1.82) is 0 Å². The fourth-order valence-corrected chi connectivity index (χ4v) is 2.18. The molecule has 1 fully saturated rings. The Morgan fingerprint density at radius 1 is 1.40 bits per heavy atom. The molecule has 1 aromatic rings. The smallest absolute Gasteiger partial charge is 0.240 e. The summed E-state index contributed by atoms with van der Waals surface area (Å²) in [5, 5.41) is 11.4. The molecule has 2 N–H and O–H groups in total. The average molecular weight is 280 g/mol. The number of ether oxygens (including phenoxy) is 1. The highest BCUT2D eigenvalue weighted by atomic mass is 16.5. The van der Waals surface area contributed by atoms with Gasteiger partial charge in [-0.2, -0.15) is 0 Å². The van der Waals surface area contributed by atoms with Gasteiger partial charge < -0.3 is 9.84 Å². The molecule has 1 aliphatic rings. The third kappa shape index (κ3) is 4.84. The highest BCUT2D eigenvalue weighted by Gasteiger charge is 2.21. The first-order valence-corrected chi connectivity index (χ1v) is 6.79. The molecule has 20 heavy (non-hydrogen) atoms. The average Bonchev–Trinajstić information content (AvgIpc) is 2.47. The molecule has 1 aliphatic heterocycles. The molecule has 0 spiro atoms. The number of likely N-dealkylation sites (tertiary alicyclic amines) is 1. The lowest BCUT2D eigenvalue weighted by molar-refractivity contribution is -0.118. The number of amides is 1. The van der Waals surface area contributed by atoms with E-state index in [1.165, 1.54) is 0 Å². The second-order valence-corrected chi connectivity index (χ2v) is 4.69. The fraction of sp³-hybridized carbons (Fsp3) is 0.615. The van der Waals surface area contributed by atoms with Crippen molar-refractivity contribution in [3.05, 3.63) is 18.5 Å². The fourth-order valence-electron chi connectivity index (χ4n) is 2.18. The first-order valence-electron chi connectivity index (χ1n) is 6.79. The van der Waals surface area contributed by atoms with E-state index in [1.807, 2.05) is 0 Å². The van der Waals surface area contributed by atoms with E-state index < -0.39 is 0 Å². The molecular formula is C13H20N4O3. The van der Waals surface area contributed by atoms with Crippen molar-refractivity contribution in [2.45, 2.75) is 18.9 Å². The van der Waals surface area contributed by atoms with E-state index in [1.54, 1.807) is 18.5 Å². The summed E-state index contributed by atoms with van der Waals surface area (Å²) in [6.07, 6.45) is 5.14. The van der Waals surface area contributed by atoms with Crippen LogP contribution < -0.4 is 5.32 Å². The number of piperidine rings is 1. The molecule has 1 aromatic heterocycles. The van der Waals surface area contributed by atoms with Crippen LogP contribution >= 0.6 is 0 Å². The van der Waals surface area contributed by atoms with Crippen LogP contribution in [0.1, 0.15) is 12.8 Å². The quantitative estimate of drug-likeness (QED) is 0.756. The number of aliphatic hydroxyl groups is 1. The van der Waals surface area contributed by atoms with Gasteiger partial charge in [0.1, 0.15) is 0 Å². The van der Waals surface area contributed by atoms with Gasteiger partial charge in [-0.3, -0.25) is 15.0 Å². The zero-order valence-electron chi connectivity index (χ0n) is 11.4. The predicted molar refractivity (Wildman–Crippen MR) is 73.2 cm³/mol. The number of nitrogens with one attached hydrogen (secondary N) is 1. The topological polar surface area (TPSA) is 87.6 Å². The Hall–Kier alpha value is -1.57. The van der Waals surface area contributed by atoms with Crippen LogP contribution in [0.25, 0.3) is 0 Å². The molecular weight excluding hydrogens is 260 g/mol. The Bertz CT molecular complexity index is 407. The molecule has 7 heteroatoms. The lowest BCUT2D eigenvalue weighted by Gasteiger charge is -2.31. The first-order chi connectivity index (χ1) is 9.78. The maximum atomic E-state index is 11.8. The summed E-state index contributed by atoms with van der Waals surface area (Å²) in [6, 6.07) is 1.70. The maximum absolute atomic E-state index is 11.8. The molecule has 2 rings (SSSR count). The van der Waals surface area contributed by atoms with E-state index >= 15 is 0 Å². The number of hydrogen-bond acceptors (Lipinski definition) is 6. The van der Waals surface area contributed by atoms with Crippen molar-refractivity contribution in [2.75, 3.05) is 38.2 Å². The van der Waals surface area contributed by atoms with Crippen LogP contribution in [0.2, 0.25) is 0 Å². The van der Waals surface area contributed by atoms with Gasteiger partial charge in [-0.15, -0.1) is 0 Å². The molecule has 1 saturated heterocycles. The zero-order chi connectivity index (χ0) is 14.2. The second kappa shape index (κ2) is 7.88. The van der Waals surface area contributed by atoms with Crippen LogP contribution in [-0.2, 0) is 9.53 Å². The minimum absolute atomic E-state index is 0.0553. The van der Waals surface area contributed by atoms with E-state index in [0.717, 1.165) is 25.9 Å². The van der Waals surface area contributed by atoms with Gasteiger partial charge in [0, 0.05) is 25.5 Å². The van der Waals surface area contributed by atoms with E-state index in [-0.39, 0.29) is 18.6 Å². The van der Waals surface area contributed by atoms with Gasteiger partial charge in [0.2, 0.25) is 11.9 Å². The molecule has 7 nitrogen and oxygen atoms in total. The summed E-state index contributed by atoms with van der Waals surface area (Å²) in [5.41, 5.74) is 0. The number of hydrogen-bond donors (Lipinski definition) is 2. The molecule has 0 aromatic carbocycles. The van der Waals surface area contributed by atoms with Crippen molar-refractivity contribution < 1.29 is 14.6 Å². The number of aliphatic hydroxyl groups excluding tert-OH is 1. The number of anilines is 1. The molecule has 110 valence electrons. The normalized spacial score (nSPS) is 17.1. The number of carbonyl (C=O) groups is 1. The standard InChI is InChI=1S/C13H20N4O3/c18-8-9-20-11-2-6-17(7-3-11)10-12(19)16-13-14-4-1-5-15-13/h1,4-5,11,18H,2-3,6-10H2,(H,14,15,16,19). The Labute approximate surface area is 118 Å². The Kier molecular flexibility index (Phi) is 5.85. The van der Waals surface area contributed by atoms with Gasteiger partial charge in [-0.1, -0.05) is 0 Å². The summed E-state index contributed by atoms with van der Waals surface area (Å²) in [5.74, 6) is 0.226. The van der Waals surface area contributed by atoms with Crippen LogP contribution in [0.3, 0.4) is 0 Å². The monoisotopic (exact) mass is 280 g/mol. The van der Waals surface area contributed by atoms with Gasteiger partial charge in [0.15, 0.2) is 0 Å². The van der Waals surface area contributed by atoms with Gasteiger partial charge in [-0.25, -0.2) is 9.97 Å². The molecule has 0 saturated carbocycles. The van der Waals surface area contributed by atoms with Crippen molar-refractivity contribution >= 4 is 11.9 Å². The molecule has 2 heterocycles. The number of nitrogens with zero attached hydrogens (tertiary/aromatic N) is 3. The molecule has 0 atom stereocenters. The van der Waals surface area contributed by atoms with Crippen LogP contribution in [0, 0.1) is 0 Å². The number of rotatable bonds is 6. The molecule has 0 aliphatic carbocycles. The van der Waals surface area contributed by atoms with Crippen molar-refractivity contribution in [3.63, 3.8) is 0 Å². The summed E-state index contributed by atoms with van der Waals surface area (Å²) in [7, 11) is 0. The van der Waals surface area contributed by atoms with Gasteiger partial charge in [0.25, 0.3) is 0 Å². The highest BCUT2D eigenvalue weighted by Crippen LogP contribution is 2.13. The summed E-state index contributed by atoms with van der Waals surface area (Å²) < 4.78 is 5.48. The van der Waals surface area contributed by atoms with E-state index in [9.17, 15) is 4.79 Å². The predicted octanol–water partition coefficient (Wildman–Crippen LogP) is -0.112. The van der Waals surface area contributed by atoms with Crippen molar-refractivity contribution in [3.8, 4) is 0 Å². The first kappa shape index (κ1) is 14.8. The van der Waals surface area contributed by atoms with Gasteiger partial charge >= 0.3 is 0 Å². The number of aromatic nitrogens is 2. The van der Waals surface area contributed by atoms with Crippen LogP contribution in [0.15, 0.2) is 18.5 Å². The van der Waals surface area contributed by atoms with Crippen LogP contribution in [0.4, 0.5) is 5.95 Å². The largest absolute Gasteiger partial charge is 0.394 e. The minimum atomic E-state index is -0.106. The summed E-state index contributed by atoms with van der Waals surface area (Å²) in [4.78, 5) is 21.8. The van der Waals surface area contributed by atoms with Crippen LogP contribution in [0.5, 0.6) is 0 Å². The Morgan fingerprint density at radius 3 is 2.75 bits per heavy atom. The number of carbonyl (C=O) groups excluding carboxylic acids is 1. The molecule has 0 bridgehead atoms. The van der Waals surface area contributed by atoms with Gasteiger partial charge in [0.05, 0.1) is 25.9 Å². The summed E-state index contributed by atoms with van der Waals surface area (Å²) >= 11 is 0. The van der Waals surface area contributed by atoms with Crippen molar-refractivity contribution in [1.82, 2.24) is 14.9 Å². The van der Waals surface area contributed by atoms with Crippen molar-refractivity contribution in [2.24, 2.45) is 0 Å². The van der Waals surface area contributed by atoms with Crippen LogP contribution in [-0.4, -0.2) is 64.8 Å². The molecule has 1 amide bonds. The minimum Gasteiger partial charge on any atom is -0.394 e. The van der Waals surface area contributed by atoms with E-state index in [4.69, 9.17) is 9.84 Å². The Balaban J connectivity index is 1.68. The second-order valence-electron chi connectivity index (χ2n) is 4.69. The Morgan fingerprint density at radius 2 is 2.10 bits per heavy atom.